The number of nitrogens with zero attached hydrogens (tertiary/aromatic N) is 5. The lowest BCUT2D eigenvalue weighted by Crippen LogP contribution is -2.46. The average molecular weight is 511 g/mol. The lowest BCUT2D eigenvalue weighted by Gasteiger charge is -2.34. The van der Waals surface area contributed by atoms with Crippen LogP contribution in [0.25, 0.3) is 32.9 Å². The van der Waals surface area contributed by atoms with Crippen molar-refractivity contribution in [1.82, 2.24) is 29.6 Å². The lowest BCUT2D eigenvalue weighted by molar-refractivity contribution is -0.141. The second kappa shape index (κ2) is 9.71. The quantitative estimate of drug-likeness (QED) is 0.386. The van der Waals surface area contributed by atoms with Gasteiger partial charge in [0, 0.05) is 17.3 Å². The number of imidazole rings is 1. The molecule has 5 aromatic rings. The summed E-state index contributed by atoms with van der Waals surface area (Å²) >= 11 is 0. The summed E-state index contributed by atoms with van der Waals surface area (Å²) in [7, 11) is 1.58. The van der Waals surface area contributed by atoms with Crippen LogP contribution in [0, 0.1) is 6.92 Å². The van der Waals surface area contributed by atoms with Crippen LogP contribution in [0.15, 0.2) is 65.6 Å². The van der Waals surface area contributed by atoms with Gasteiger partial charge in [-0.15, -0.1) is 0 Å². The second-order valence-electron chi connectivity index (χ2n) is 9.19. The van der Waals surface area contributed by atoms with E-state index in [0.717, 1.165) is 27.5 Å². The first-order valence-electron chi connectivity index (χ1n) is 12.4. The Morgan fingerprint density at radius 3 is 2.79 bits per heavy atom. The van der Waals surface area contributed by atoms with E-state index in [4.69, 9.17) is 9.47 Å². The number of hydrogen-bond donors (Lipinski definition) is 1. The highest BCUT2D eigenvalue weighted by atomic mass is 16.5. The number of aryl methyl sites for hydroxylation is 1. The normalized spacial score (nSPS) is 15.7. The van der Waals surface area contributed by atoms with Crippen LogP contribution in [0.2, 0.25) is 0 Å². The van der Waals surface area contributed by atoms with Crippen LogP contribution in [-0.4, -0.2) is 62.4 Å². The largest absolute Gasteiger partial charge is 0.480 e. The fourth-order valence-corrected chi connectivity index (χ4v) is 4.95. The van der Waals surface area contributed by atoms with Crippen molar-refractivity contribution in [2.75, 3.05) is 26.9 Å². The highest BCUT2D eigenvalue weighted by molar-refractivity contribution is 5.86. The number of rotatable bonds is 5. The monoisotopic (exact) mass is 510 g/mol. The number of morpholine rings is 1. The van der Waals surface area contributed by atoms with Crippen LogP contribution < -0.4 is 10.3 Å². The van der Waals surface area contributed by atoms with Gasteiger partial charge in [0.25, 0.3) is 5.56 Å². The number of aromatic nitrogens is 5. The topological polar surface area (TPSA) is 115 Å². The molecule has 3 aromatic heterocycles. The molecule has 0 bridgehead atoms. The van der Waals surface area contributed by atoms with Gasteiger partial charge in [0.15, 0.2) is 0 Å². The smallest absolute Gasteiger partial charge is 0.275 e. The third kappa shape index (κ3) is 4.18. The third-order valence-electron chi connectivity index (χ3n) is 6.87. The van der Waals surface area contributed by atoms with Crippen LogP contribution in [0.4, 0.5) is 0 Å². The zero-order valence-corrected chi connectivity index (χ0v) is 21.0. The number of para-hydroxylation sites is 1. The van der Waals surface area contributed by atoms with E-state index in [9.17, 15) is 9.59 Å². The number of ether oxygens (including phenoxy) is 2. The number of nitrogens with one attached hydrogen (secondary N) is 1. The minimum Gasteiger partial charge on any atom is -0.480 e. The predicted molar refractivity (Wildman–Crippen MR) is 142 cm³/mol. The standard InChI is InChI=1S/C28H26N6O4/c1-17-19-8-4-5-9-20(19)28(36)34(32-17)15-25(35)33-11-12-38-16-24(33)26-29-14-23(30-26)21-13-18-7-3-6-10-22(18)31-27(21)37-2/h3-10,13-14,24H,11-12,15-16H2,1-2H3,(H,29,30). The van der Waals surface area contributed by atoms with Gasteiger partial charge in [-0.05, 0) is 25.1 Å². The Hall–Kier alpha value is -4.57. The molecular formula is C28H26N6O4. The molecule has 192 valence electrons. The minimum absolute atomic E-state index is 0.170. The number of fused-ring (bicyclic) bond motifs is 2. The van der Waals surface area contributed by atoms with E-state index in [1.807, 2.05) is 55.5 Å². The first kappa shape index (κ1) is 23.8. The maximum atomic E-state index is 13.5. The number of H-pyrrole nitrogens is 1. The lowest BCUT2D eigenvalue weighted by atomic mass is 10.1. The fourth-order valence-electron chi connectivity index (χ4n) is 4.95. The molecule has 1 atom stereocenters. The SMILES string of the molecule is COc1nc2ccccc2cc1-c1cnc(C2COCCN2C(=O)Cn2nc(C)c3ccccc3c2=O)[nH]1. The van der Waals surface area contributed by atoms with Gasteiger partial charge >= 0.3 is 0 Å². The van der Waals surface area contributed by atoms with Crippen molar-refractivity contribution in [3.63, 3.8) is 0 Å². The molecule has 1 amide bonds. The molecule has 10 heteroatoms. The van der Waals surface area contributed by atoms with Crippen molar-refractivity contribution in [3.8, 4) is 17.1 Å². The van der Waals surface area contributed by atoms with E-state index >= 15 is 0 Å². The first-order valence-corrected chi connectivity index (χ1v) is 12.4. The van der Waals surface area contributed by atoms with Gasteiger partial charge in [-0.25, -0.2) is 14.6 Å². The van der Waals surface area contributed by atoms with Gasteiger partial charge in [0.2, 0.25) is 11.8 Å². The molecule has 1 saturated heterocycles. The van der Waals surface area contributed by atoms with Crippen molar-refractivity contribution in [2.24, 2.45) is 0 Å². The highest BCUT2D eigenvalue weighted by Crippen LogP contribution is 2.32. The van der Waals surface area contributed by atoms with Crippen LogP contribution in [0.1, 0.15) is 17.6 Å². The van der Waals surface area contributed by atoms with Crippen LogP contribution in [0.5, 0.6) is 5.88 Å². The Balaban J connectivity index is 1.30. The Kier molecular flexibility index (Phi) is 6.09. The molecule has 2 aromatic carbocycles. The van der Waals surface area contributed by atoms with E-state index in [2.05, 4.69) is 20.1 Å². The predicted octanol–water partition coefficient (Wildman–Crippen LogP) is 3.25. The van der Waals surface area contributed by atoms with Gasteiger partial charge in [0.05, 0.1) is 54.4 Å². The summed E-state index contributed by atoms with van der Waals surface area (Å²) in [5, 5.41) is 6.70. The maximum absolute atomic E-state index is 13.5. The maximum Gasteiger partial charge on any atom is 0.275 e. The molecule has 0 aliphatic carbocycles. The summed E-state index contributed by atoms with van der Waals surface area (Å²) in [6.45, 7) is 2.72. The van der Waals surface area contributed by atoms with E-state index in [1.165, 1.54) is 4.68 Å². The van der Waals surface area contributed by atoms with Gasteiger partial charge in [-0.2, -0.15) is 5.10 Å². The minimum atomic E-state index is -0.443. The van der Waals surface area contributed by atoms with Crippen LogP contribution >= 0.6 is 0 Å². The van der Waals surface area contributed by atoms with Gasteiger partial charge in [-0.3, -0.25) is 9.59 Å². The number of amides is 1. The Labute approximate surface area is 217 Å². The summed E-state index contributed by atoms with van der Waals surface area (Å²) in [5.74, 6) is 0.826. The average Bonchev–Trinajstić information content (AvgIpc) is 3.45. The van der Waals surface area contributed by atoms with Crippen molar-refractivity contribution in [1.29, 1.82) is 0 Å². The van der Waals surface area contributed by atoms with Crippen molar-refractivity contribution in [2.45, 2.75) is 19.5 Å². The Morgan fingerprint density at radius 2 is 1.95 bits per heavy atom. The highest BCUT2D eigenvalue weighted by Gasteiger charge is 2.31. The molecule has 10 nitrogen and oxygen atoms in total. The number of hydrogen-bond acceptors (Lipinski definition) is 7. The zero-order valence-electron chi connectivity index (χ0n) is 21.0. The second-order valence-corrected chi connectivity index (χ2v) is 9.19. The van der Waals surface area contributed by atoms with E-state index in [-0.39, 0.29) is 24.6 Å². The number of methoxy groups -OCH3 is 1. The molecule has 1 unspecified atom stereocenters. The van der Waals surface area contributed by atoms with Crippen LogP contribution in [0.3, 0.4) is 0 Å². The fraction of sp³-hybridized carbons (Fsp3) is 0.250. The van der Waals surface area contributed by atoms with Crippen molar-refractivity contribution in [3.05, 3.63) is 82.7 Å². The molecule has 1 aliphatic heterocycles. The van der Waals surface area contributed by atoms with E-state index in [1.54, 1.807) is 24.3 Å². The summed E-state index contributed by atoms with van der Waals surface area (Å²) < 4.78 is 12.5. The Morgan fingerprint density at radius 1 is 1.16 bits per heavy atom. The number of pyridine rings is 1. The molecule has 1 fully saturated rings. The number of carbonyl (C=O) groups is 1. The van der Waals surface area contributed by atoms with Gasteiger partial charge in [-0.1, -0.05) is 36.4 Å². The summed E-state index contributed by atoms with van der Waals surface area (Å²) in [4.78, 5) is 40.8. The molecule has 1 N–H and O–H groups in total. The molecule has 0 saturated carbocycles. The molecule has 4 heterocycles. The van der Waals surface area contributed by atoms with E-state index < -0.39 is 6.04 Å². The van der Waals surface area contributed by atoms with Gasteiger partial charge < -0.3 is 19.4 Å². The number of benzene rings is 2. The molecule has 38 heavy (non-hydrogen) atoms. The summed E-state index contributed by atoms with van der Waals surface area (Å²) in [5.41, 5.74) is 2.72. The van der Waals surface area contributed by atoms with Crippen molar-refractivity contribution >= 4 is 27.6 Å². The number of aromatic amines is 1. The molecule has 0 radical (unpaired) electrons. The molecule has 6 rings (SSSR count). The van der Waals surface area contributed by atoms with E-state index in [0.29, 0.717) is 35.9 Å². The first-order chi connectivity index (χ1) is 18.5. The summed E-state index contributed by atoms with van der Waals surface area (Å²) in [6, 6.07) is 16.7. The molecular weight excluding hydrogens is 484 g/mol. The van der Waals surface area contributed by atoms with Crippen molar-refractivity contribution < 1.29 is 14.3 Å². The third-order valence-corrected chi connectivity index (χ3v) is 6.87. The molecule has 0 spiro atoms. The molecule has 1 aliphatic rings. The summed E-state index contributed by atoms with van der Waals surface area (Å²) in [6.07, 6.45) is 1.71. The van der Waals surface area contributed by atoms with Gasteiger partial charge in [0.1, 0.15) is 18.4 Å². The zero-order chi connectivity index (χ0) is 26.2. The number of carbonyl (C=O) groups excluding carboxylic acids is 1. The Bertz CT molecular complexity index is 1730. The van der Waals surface area contributed by atoms with Crippen LogP contribution in [-0.2, 0) is 16.1 Å².